The van der Waals surface area contributed by atoms with Gasteiger partial charge in [0.2, 0.25) is 0 Å². The van der Waals surface area contributed by atoms with E-state index < -0.39 is 0 Å². The molecule has 1 heterocycles. The molecule has 0 aromatic heterocycles. The number of carbonyl (C=O) groups excluding carboxylic acids is 1. The standard InChI is InChI=1S/C15H21NO/c1-15(2,3)13-8-9-16(10-13)14-6-4-12(11-17)5-7-14/h4-7,11,13H,8-10H2,1-3H3. The number of hydrogen-bond donors (Lipinski definition) is 0. The summed E-state index contributed by atoms with van der Waals surface area (Å²) in [6.07, 6.45) is 2.16. The molecule has 1 unspecified atom stereocenters. The Balaban J connectivity index is 2.07. The van der Waals surface area contributed by atoms with Crippen molar-refractivity contribution in [1.82, 2.24) is 0 Å². The third-order valence-corrected chi connectivity index (χ3v) is 3.81. The van der Waals surface area contributed by atoms with Crippen LogP contribution in [0, 0.1) is 11.3 Å². The third kappa shape index (κ3) is 2.68. The maximum atomic E-state index is 10.6. The highest BCUT2D eigenvalue weighted by Crippen LogP contribution is 2.35. The molecule has 1 aromatic rings. The lowest BCUT2D eigenvalue weighted by molar-refractivity contribution is 0.112. The molecule has 0 N–H and O–H groups in total. The Hall–Kier alpha value is -1.31. The van der Waals surface area contributed by atoms with Crippen molar-refractivity contribution in [3.8, 4) is 0 Å². The van der Waals surface area contributed by atoms with Gasteiger partial charge in [0.15, 0.2) is 0 Å². The normalized spacial score (nSPS) is 20.6. The molecule has 1 aliphatic rings. The maximum Gasteiger partial charge on any atom is 0.150 e. The van der Waals surface area contributed by atoms with Gasteiger partial charge in [0.25, 0.3) is 0 Å². The second-order valence-corrected chi connectivity index (χ2v) is 6.01. The number of anilines is 1. The van der Waals surface area contributed by atoms with Gasteiger partial charge < -0.3 is 4.90 Å². The number of hydrogen-bond acceptors (Lipinski definition) is 2. The van der Waals surface area contributed by atoms with Crippen LogP contribution in [0.5, 0.6) is 0 Å². The highest BCUT2D eigenvalue weighted by Gasteiger charge is 2.31. The van der Waals surface area contributed by atoms with E-state index in [9.17, 15) is 4.79 Å². The fraction of sp³-hybridized carbons (Fsp3) is 0.533. The van der Waals surface area contributed by atoms with Crippen LogP contribution in [-0.2, 0) is 0 Å². The summed E-state index contributed by atoms with van der Waals surface area (Å²) >= 11 is 0. The van der Waals surface area contributed by atoms with E-state index in [0.29, 0.717) is 5.41 Å². The van der Waals surface area contributed by atoms with Crippen LogP contribution in [0.1, 0.15) is 37.6 Å². The van der Waals surface area contributed by atoms with Gasteiger partial charge in [-0.3, -0.25) is 4.79 Å². The summed E-state index contributed by atoms with van der Waals surface area (Å²) in [7, 11) is 0. The largest absolute Gasteiger partial charge is 0.371 e. The average Bonchev–Trinajstić information content (AvgIpc) is 2.78. The summed E-state index contributed by atoms with van der Waals surface area (Å²) < 4.78 is 0. The number of carbonyl (C=O) groups is 1. The Morgan fingerprint density at radius 2 is 1.88 bits per heavy atom. The topological polar surface area (TPSA) is 20.3 Å². The van der Waals surface area contributed by atoms with Crippen molar-refractivity contribution in [3.05, 3.63) is 29.8 Å². The Morgan fingerprint density at radius 1 is 1.24 bits per heavy atom. The zero-order chi connectivity index (χ0) is 12.5. The molecule has 2 nitrogen and oxygen atoms in total. The van der Waals surface area contributed by atoms with E-state index >= 15 is 0 Å². The van der Waals surface area contributed by atoms with Crippen LogP contribution in [0.25, 0.3) is 0 Å². The van der Waals surface area contributed by atoms with Crippen LogP contribution in [0.4, 0.5) is 5.69 Å². The number of benzene rings is 1. The molecular formula is C15H21NO. The molecule has 1 fully saturated rings. The molecule has 17 heavy (non-hydrogen) atoms. The first-order chi connectivity index (χ1) is 8.00. The zero-order valence-electron chi connectivity index (χ0n) is 10.9. The first-order valence-corrected chi connectivity index (χ1v) is 6.31. The zero-order valence-corrected chi connectivity index (χ0v) is 10.9. The Labute approximate surface area is 104 Å². The van der Waals surface area contributed by atoms with Gasteiger partial charge in [-0.15, -0.1) is 0 Å². The number of nitrogens with zero attached hydrogens (tertiary/aromatic N) is 1. The highest BCUT2D eigenvalue weighted by molar-refractivity contribution is 5.75. The molecule has 2 heteroatoms. The van der Waals surface area contributed by atoms with E-state index in [1.54, 1.807) is 0 Å². The van der Waals surface area contributed by atoms with Crippen molar-refractivity contribution in [3.63, 3.8) is 0 Å². The van der Waals surface area contributed by atoms with Crippen molar-refractivity contribution in [1.29, 1.82) is 0 Å². The summed E-state index contributed by atoms with van der Waals surface area (Å²) in [6, 6.07) is 7.89. The van der Waals surface area contributed by atoms with E-state index in [0.717, 1.165) is 30.9 Å². The Morgan fingerprint density at radius 3 is 2.35 bits per heavy atom. The van der Waals surface area contributed by atoms with Gasteiger partial charge in [-0.2, -0.15) is 0 Å². The molecule has 0 bridgehead atoms. The van der Waals surface area contributed by atoms with Crippen molar-refractivity contribution in [2.24, 2.45) is 11.3 Å². The molecular weight excluding hydrogens is 210 g/mol. The van der Waals surface area contributed by atoms with Gasteiger partial charge in [-0.05, 0) is 42.0 Å². The smallest absolute Gasteiger partial charge is 0.150 e. The summed E-state index contributed by atoms with van der Waals surface area (Å²) in [5.74, 6) is 0.758. The molecule has 0 amide bonds. The van der Waals surface area contributed by atoms with Crippen LogP contribution in [0.3, 0.4) is 0 Å². The predicted octanol–water partition coefficient (Wildman–Crippen LogP) is 3.37. The molecule has 0 saturated carbocycles. The fourth-order valence-corrected chi connectivity index (χ4v) is 2.47. The molecule has 1 aromatic carbocycles. The van der Waals surface area contributed by atoms with Crippen LogP contribution in [-0.4, -0.2) is 19.4 Å². The molecule has 1 atom stereocenters. The van der Waals surface area contributed by atoms with E-state index in [1.165, 1.54) is 12.1 Å². The minimum absolute atomic E-state index is 0.386. The lowest BCUT2D eigenvalue weighted by Gasteiger charge is -2.27. The monoisotopic (exact) mass is 231 g/mol. The van der Waals surface area contributed by atoms with E-state index in [-0.39, 0.29) is 0 Å². The Bertz CT molecular complexity index is 388. The first-order valence-electron chi connectivity index (χ1n) is 6.31. The van der Waals surface area contributed by atoms with Crippen LogP contribution < -0.4 is 4.90 Å². The SMILES string of the molecule is CC(C)(C)C1CCN(c2ccc(C=O)cc2)C1. The van der Waals surface area contributed by atoms with Crippen LogP contribution in [0.15, 0.2) is 24.3 Å². The third-order valence-electron chi connectivity index (χ3n) is 3.81. The van der Waals surface area contributed by atoms with Gasteiger partial charge in [0.05, 0.1) is 0 Å². The summed E-state index contributed by atoms with van der Waals surface area (Å²) in [6.45, 7) is 9.20. The van der Waals surface area contributed by atoms with Crippen LogP contribution >= 0.6 is 0 Å². The van der Waals surface area contributed by atoms with Gasteiger partial charge in [-0.25, -0.2) is 0 Å². The predicted molar refractivity (Wildman–Crippen MR) is 71.6 cm³/mol. The Kier molecular flexibility index (Phi) is 3.23. The van der Waals surface area contributed by atoms with Gasteiger partial charge in [-0.1, -0.05) is 20.8 Å². The fourth-order valence-electron chi connectivity index (χ4n) is 2.47. The van der Waals surface area contributed by atoms with Crippen molar-refractivity contribution < 1.29 is 4.79 Å². The van der Waals surface area contributed by atoms with Crippen molar-refractivity contribution in [2.75, 3.05) is 18.0 Å². The minimum atomic E-state index is 0.386. The molecule has 0 radical (unpaired) electrons. The average molecular weight is 231 g/mol. The molecule has 1 aliphatic heterocycles. The summed E-state index contributed by atoms with van der Waals surface area (Å²) in [4.78, 5) is 13.0. The molecule has 92 valence electrons. The molecule has 1 saturated heterocycles. The lowest BCUT2D eigenvalue weighted by Crippen LogP contribution is -2.25. The number of aldehydes is 1. The molecule has 2 rings (SSSR count). The van der Waals surface area contributed by atoms with Gasteiger partial charge in [0, 0.05) is 24.3 Å². The first kappa shape index (κ1) is 12.2. The molecule has 0 aliphatic carbocycles. The highest BCUT2D eigenvalue weighted by atomic mass is 16.1. The minimum Gasteiger partial charge on any atom is -0.371 e. The summed E-state index contributed by atoms with van der Waals surface area (Å²) in [5.41, 5.74) is 2.37. The second-order valence-electron chi connectivity index (χ2n) is 6.01. The van der Waals surface area contributed by atoms with Gasteiger partial charge >= 0.3 is 0 Å². The molecule has 0 spiro atoms. The van der Waals surface area contributed by atoms with E-state index in [4.69, 9.17) is 0 Å². The van der Waals surface area contributed by atoms with Gasteiger partial charge in [0.1, 0.15) is 6.29 Å². The maximum absolute atomic E-state index is 10.6. The second kappa shape index (κ2) is 4.52. The quantitative estimate of drug-likeness (QED) is 0.727. The number of rotatable bonds is 2. The van der Waals surface area contributed by atoms with E-state index in [1.807, 2.05) is 12.1 Å². The lowest BCUT2D eigenvalue weighted by atomic mass is 9.80. The van der Waals surface area contributed by atoms with Crippen molar-refractivity contribution >= 4 is 12.0 Å². The van der Waals surface area contributed by atoms with E-state index in [2.05, 4.69) is 37.8 Å². The van der Waals surface area contributed by atoms with Crippen LogP contribution in [0.2, 0.25) is 0 Å². The van der Waals surface area contributed by atoms with Crippen molar-refractivity contribution in [2.45, 2.75) is 27.2 Å². The summed E-state index contributed by atoms with van der Waals surface area (Å²) in [5, 5.41) is 0.